The summed E-state index contributed by atoms with van der Waals surface area (Å²) in [5.74, 6) is -0.0340. The molecule has 0 atom stereocenters. The molecule has 2 aromatic rings. The van der Waals surface area contributed by atoms with Crippen LogP contribution in [0.2, 0.25) is 0 Å². The molecular formula is C19H24N2O4S. The lowest BCUT2D eigenvalue weighted by molar-refractivity contribution is -0.114. The number of nitrogens with one attached hydrogen (secondary N) is 1. The van der Waals surface area contributed by atoms with Crippen LogP contribution in [0.15, 0.2) is 36.4 Å². The fourth-order valence-corrected chi connectivity index (χ4v) is 3.42. The SMILES string of the molecule is COc1ccc(C)cc1N(CC(=O)Nc1cc(C)ccc1C)S(C)(=O)=O. The van der Waals surface area contributed by atoms with Crippen molar-refractivity contribution >= 4 is 27.3 Å². The number of carbonyl (C=O) groups excluding carboxylic acids is 1. The van der Waals surface area contributed by atoms with E-state index in [0.717, 1.165) is 27.3 Å². The van der Waals surface area contributed by atoms with Gasteiger partial charge in [0.25, 0.3) is 0 Å². The predicted octanol–water partition coefficient (Wildman–Crippen LogP) is 3.03. The van der Waals surface area contributed by atoms with E-state index < -0.39 is 15.9 Å². The number of nitrogens with zero attached hydrogens (tertiary/aromatic N) is 1. The number of benzene rings is 2. The van der Waals surface area contributed by atoms with Gasteiger partial charge in [-0.25, -0.2) is 8.42 Å². The van der Waals surface area contributed by atoms with Crippen molar-refractivity contribution < 1.29 is 17.9 Å². The second-order valence-corrected chi connectivity index (χ2v) is 8.22. The summed E-state index contributed by atoms with van der Waals surface area (Å²) in [5, 5.41) is 2.79. The summed E-state index contributed by atoms with van der Waals surface area (Å²) in [7, 11) is -2.22. The van der Waals surface area contributed by atoms with Crippen molar-refractivity contribution in [1.29, 1.82) is 0 Å². The second kappa shape index (κ2) is 7.78. The molecule has 0 unspecified atom stereocenters. The van der Waals surface area contributed by atoms with Crippen molar-refractivity contribution in [2.24, 2.45) is 0 Å². The van der Waals surface area contributed by atoms with Crippen LogP contribution in [0.5, 0.6) is 5.75 Å². The maximum atomic E-state index is 12.5. The number of methoxy groups -OCH3 is 1. The molecule has 0 saturated heterocycles. The number of anilines is 2. The van der Waals surface area contributed by atoms with Gasteiger partial charge in [-0.15, -0.1) is 0 Å². The van der Waals surface area contributed by atoms with Gasteiger partial charge in [-0.3, -0.25) is 9.10 Å². The number of hydrogen-bond acceptors (Lipinski definition) is 4. The first-order chi connectivity index (χ1) is 12.1. The first-order valence-electron chi connectivity index (χ1n) is 8.11. The molecule has 0 aliphatic rings. The zero-order chi connectivity index (χ0) is 19.5. The van der Waals surface area contributed by atoms with E-state index in [4.69, 9.17) is 4.74 Å². The highest BCUT2D eigenvalue weighted by Crippen LogP contribution is 2.31. The van der Waals surface area contributed by atoms with Crippen LogP contribution in [0.1, 0.15) is 16.7 Å². The fraction of sp³-hybridized carbons (Fsp3) is 0.316. The normalized spacial score (nSPS) is 11.1. The monoisotopic (exact) mass is 376 g/mol. The molecule has 26 heavy (non-hydrogen) atoms. The Morgan fingerprint density at radius 1 is 1.08 bits per heavy atom. The van der Waals surface area contributed by atoms with Crippen LogP contribution in [0.3, 0.4) is 0 Å². The van der Waals surface area contributed by atoms with Crippen molar-refractivity contribution in [2.75, 3.05) is 29.5 Å². The first kappa shape index (κ1) is 19.8. The zero-order valence-corrected chi connectivity index (χ0v) is 16.5. The number of sulfonamides is 1. The lowest BCUT2D eigenvalue weighted by Crippen LogP contribution is -2.37. The van der Waals surface area contributed by atoms with Gasteiger partial charge < -0.3 is 10.1 Å². The minimum Gasteiger partial charge on any atom is -0.495 e. The lowest BCUT2D eigenvalue weighted by Gasteiger charge is -2.24. The molecule has 6 nitrogen and oxygen atoms in total. The van der Waals surface area contributed by atoms with Crippen molar-refractivity contribution in [3.05, 3.63) is 53.1 Å². The fourth-order valence-electron chi connectivity index (χ4n) is 2.57. The molecule has 0 bridgehead atoms. The van der Waals surface area contributed by atoms with Crippen LogP contribution in [0.4, 0.5) is 11.4 Å². The maximum Gasteiger partial charge on any atom is 0.245 e. The molecule has 7 heteroatoms. The predicted molar refractivity (Wildman–Crippen MR) is 104 cm³/mol. The molecule has 0 heterocycles. The molecule has 0 aliphatic heterocycles. The molecule has 0 spiro atoms. The molecule has 0 saturated carbocycles. The number of ether oxygens (including phenoxy) is 1. The van der Waals surface area contributed by atoms with E-state index in [-0.39, 0.29) is 6.54 Å². The Morgan fingerprint density at radius 2 is 1.69 bits per heavy atom. The standard InChI is InChI=1S/C19H24N2O4S/c1-13-6-8-15(3)16(10-13)20-19(22)12-21(26(5,23)24)17-11-14(2)7-9-18(17)25-4/h6-11H,12H2,1-5H3,(H,20,22). The van der Waals surface area contributed by atoms with Crippen LogP contribution in [-0.4, -0.2) is 34.2 Å². The Balaban J connectivity index is 2.34. The highest BCUT2D eigenvalue weighted by atomic mass is 32.2. The average molecular weight is 376 g/mol. The Morgan fingerprint density at radius 3 is 2.31 bits per heavy atom. The van der Waals surface area contributed by atoms with Gasteiger partial charge in [-0.2, -0.15) is 0 Å². The lowest BCUT2D eigenvalue weighted by atomic mass is 10.1. The van der Waals surface area contributed by atoms with E-state index in [2.05, 4.69) is 5.32 Å². The number of carbonyl (C=O) groups is 1. The van der Waals surface area contributed by atoms with E-state index >= 15 is 0 Å². The molecule has 0 aliphatic carbocycles. The Kier molecular flexibility index (Phi) is 5.92. The number of rotatable bonds is 6. The molecule has 2 rings (SSSR count). The molecule has 0 aromatic heterocycles. The average Bonchev–Trinajstić information content (AvgIpc) is 2.55. The second-order valence-electron chi connectivity index (χ2n) is 6.31. The van der Waals surface area contributed by atoms with Gasteiger partial charge >= 0.3 is 0 Å². The van der Waals surface area contributed by atoms with Crippen LogP contribution < -0.4 is 14.4 Å². The molecular weight excluding hydrogens is 352 g/mol. The Hall–Kier alpha value is -2.54. The topological polar surface area (TPSA) is 75.7 Å². The van der Waals surface area contributed by atoms with Crippen LogP contribution in [0, 0.1) is 20.8 Å². The van der Waals surface area contributed by atoms with Gasteiger partial charge in [-0.1, -0.05) is 18.2 Å². The Labute approximate surface area is 154 Å². The molecule has 0 fully saturated rings. The first-order valence-corrected chi connectivity index (χ1v) is 9.96. The zero-order valence-electron chi connectivity index (χ0n) is 15.7. The van der Waals surface area contributed by atoms with Gasteiger partial charge in [0.05, 0.1) is 19.1 Å². The molecule has 1 amide bonds. The molecule has 140 valence electrons. The van der Waals surface area contributed by atoms with Crippen molar-refractivity contribution in [1.82, 2.24) is 0 Å². The van der Waals surface area contributed by atoms with E-state index in [0.29, 0.717) is 17.1 Å². The summed E-state index contributed by atoms with van der Waals surface area (Å²) in [6.45, 7) is 5.31. The summed E-state index contributed by atoms with van der Waals surface area (Å²) in [6, 6.07) is 10.9. The van der Waals surface area contributed by atoms with Gasteiger partial charge in [0.1, 0.15) is 12.3 Å². The minimum absolute atomic E-state index is 0.339. The minimum atomic E-state index is -3.68. The van der Waals surface area contributed by atoms with Crippen molar-refractivity contribution in [3.8, 4) is 5.75 Å². The number of hydrogen-bond donors (Lipinski definition) is 1. The summed E-state index contributed by atoms with van der Waals surface area (Å²) < 4.78 is 30.9. The summed E-state index contributed by atoms with van der Waals surface area (Å²) in [5.41, 5.74) is 3.78. The summed E-state index contributed by atoms with van der Waals surface area (Å²) >= 11 is 0. The molecule has 0 radical (unpaired) electrons. The van der Waals surface area contributed by atoms with E-state index in [1.165, 1.54) is 7.11 Å². The van der Waals surface area contributed by atoms with Crippen molar-refractivity contribution in [2.45, 2.75) is 20.8 Å². The summed E-state index contributed by atoms with van der Waals surface area (Å²) in [4.78, 5) is 12.5. The van der Waals surface area contributed by atoms with E-state index in [1.54, 1.807) is 12.1 Å². The van der Waals surface area contributed by atoms with Crippen LogP contribution >= 0.6 is 0 Å². The smallest absolute Gasteiger partial charge is 0.245 e. The summed E-state index contributed by atoms with van der Waals surface area (Å²) in [6.07, 6.45) is 1.07. The third kappa shape index (κ3) is 4.76. The third-order valence-electron chi connectivity index (χ3n) is 3.96. The maximum absolute atomic E-state index is 12.5. The highest BCUT2D eigenvalue weighted by molar-refractivity contribution is 7.92. The van der Waals surface area contributed by atoms with Gasteiger partial charge in [0.15, 0.2) is 0 Å². The van der Waals surface area contributed by atoms with Gasteiger partial charge in [0, 0.05) is 5.69 Å². The third-order valence-corrected chi connectivity index (χ3v) is 5.08. The quantitative estimate of drug-likeness (QED) is 0.841. The largest absolute Gasteiger partial charge is 0.495 e. The van der Waals surface area contributed by atoms with Gasteiger partial charge in [0.2, 0.25) is 15.9 Å². The Bertz CT molecular complexity index is 923. The molecule has 2 aromatic carbocycles. The van der Waals surface area contributed by atoms with Crippen LogP contribution in [-0.2, 0) is 14.8 Å². The number of aryl methyl sites for hydroxylation is 3. The van der Waals surface area contributed by atoms with E-state index in [9.17, 15) is 13.2 Å². The highest BCUT2D eigenvalue weighted by Gasteiger charge is 2.24. The van der Waals surface area contributed by atoms with Crippen LogP contribution in [0.25, 0.3) is 0 Å². The van der Waals surface area contributed by atoms with E-state index in [1.807, 2.05) is 45.0 Å². The van der Waals surface area contributed by atoms with Gasteiger partial charge in [-0.05, 0) is 55.7 Å². The number of amides is 1. The van der Waals surface area contributed by atoms with Crippen molar-refractivity contribution in [3.63, 3.8) is 0 Å². The molecule has 1 N–H and O–H groups in total.